The smallest absolute Gasteiger partial charge is 0.336 e. The van der Waals surface area contributed by atoms with Gasteiger partial charge in [-0.3, -0.25) is 0 Å². The van der Waals surface area contributed by atoms with Crippen LogP contribution in [0.2, 0.25) is 0 Å². The van der Waals surface area contributed by atoms with Gasteiger partial charge in [0.15, 0.2) is 17.1 Å². The minimum absolute atomic E-state index is 0.240. The van der Waals surface area contributed by atoms with Gasteiger partial charge >= 0.3 is 5.63 Å². The Morgan fingerprint density at radius 3 is 2.47 bits per heavy atom. The summed E-state index contributed by atoms with van der Waals surface area (Å²) in [6.45, 7) is 6.21. The molecule has 0 amide bonds. The Kier molecular flexibility index (Phi) is 5.43. The van der Waals surface area contributed by atoms with Crippen molar-refractivity contribution in [2.75, 3.05) is 20.8 Å². The second-order valence-corrected chi connectivity index (χ2v) is 7.92. The van der Waals surface area contributed by atoms with Crippen LogP contribution >= 0.6 is 0 Å². The third-order valence-electron chi connectivity index (χ3n) is 6.09. The number of benzene rings is 2. The molecule has 3 aromatic rings. The van der Waals surface area contributed by atoms with Gasteiger partial charge in [-0.1, -0.05) is 6.92 Å². The lowest BCUT2D eigenvalue weighted by molar-refractivity contribution is -0.929. The molecule has 0 fully saturated rings. The molecule has 4 rings (SSSR count). The van der Waals surface area contributed by atoms with Gasteiger partial charge in [0, 0.05) is 23.4 Å². The number of rotatable bonds is 5. The van der Waals surface area contributed by atoms with E-state index >= 15 is 0 Å². The molecule has 0 saturated heterocycles. The van der Waals surface area contributed by atoms with Crippen LogP contribution in [0.25, 0.3) is 11.0 Å². The van der Waals surface area contributed by atoms with E-state index in [0.717, 1.165) is 47.5 Å². The van der Waals surface area contributed by atoms with Gasteiger partial charge in [0.2, 0.25) is 0 Å². The molecule has 0 bridgehead atoms. The van der Waals surface area contributed by atoms with Crippen LogP contribution in [0, 0.1) is 6.92 Å². The number of phenols is 1. The summed E-state index contributed by atoms with van der Waals surface area (Å²) in [5.74, 6) is 1.71. The van der Waals surface area contributed by atoms with Crippen molar-refractivity contribution in [1.29, 1.82) is 0 Å². The van der Waals surface area contributed by atoms with E-state index in [0.29, 0.717) is 24.1 Å². The number of quaternary nitrogens is 1. The first-order valence-corrected chi connectivity index (χ1v) is 10.3. The molecule has 1 atom stereocenters. The average Bonchev–Trinajstić information content (AvgIpc) is 2.74. The lowest BCUT2D eigenvalue weighted by Crippen LogP contribution is -3.10. The van der Waals surface area contributed by atoms with Gasteiger partial charge in [-0.2, -0.15) is 0 Å². The van der Waals surface area contributed by atoms with E-state index in [-0.39, 0.29) is 11.4 Å². The molecule has 1 aliphatic heterocycles. The largest absolute Gasteiger partial charge is 0.507 e. The molecule has 6 heteroatoms. The molecule has 2 aromatic carbocycles. The summed E-state index contributed by atoms with van der Waals surface area (Å²) in [5.41, 5.74) is 5.04. The summed E-state index contributed by atoms with van der Waals surface area (Å²) in [6, 6.07) is 7.53. The second-order valence-electron chi connectivity index (χ2n) is 7.92. The van der Waals surface area contributed by atoms with Gasteiger partial charge in [0.25, 0.3) is 0 Å². The van der Waals surface area contributed by atoms with Crippen molar-refractivity contribution in [2.45, 2.75) is 39.8 Å². The molecule has 0 aliphatic carbocycles. The standard InChI is InChI=1S/C24H27NO5/c1-5-15-9-18-14(2)8-22(26)30-24(18)19(23(15)27)13-25-7-6-16-10-20(28-3)21(29-4)11-17(16)12-25/h8-11,27H,5-7,12-13H2,1-4H3/p+1. The maximum atomic E-state index is 12.0. The fourth-order valence-corrected chi connectivity index (χ4v) is 4.43. The zero-order chi connectivity index (χ0) is 21.4. The lowest BCUT2D eigenvalue weighted by Gasteiger charge is -2.27. The number of ether oxygens (including phenoxy) is 2. The maximum absolute atomic E-state index is 12.0. The molecule has 30 heavy (non-hydrogen) atoms. The van der Waals surface area contributed by atoms with Crippen LogP contribution in [-0.2, 0) is 25.9 Å². The summed E-state index contributed by atoms with van der Waals surface area (Å²) in [7, 11) is 3.29. The molecular weight excluding hydrogens is 382 g/mol. The highest BCUT2D eigenvalue weighted by molar-refractivity contribution is 5.86. The summed E-state index contributed by atoms with van der Waals surface area (Å²) >= 11 is 0. The SMILES string of the molecule is CCc1cc2c(C)cc(=O)oc2c(C[NH+]2CCc3cc(OC)c(OC)cc3C2)c1O. The van der Waals surface area contributed by atoms with Crippen LogP contribution in [0.1, 0.15) is 34.7 Å². The predicted octanol–water partition coefficient (Wildman–Crippen LogP) is 2.53. The molecule has 158 valence electrons. The summed E-state index contributed by atoms with van der Waals surface area (Å²) < 4.78 is 16.5. The van der Waals surface area contributed by atoms with Crippen molar-refractivity contribution >= 4 is 11.0 Å². The second kappa shape index (κ2) is 8.03. The van der Waals surface area contributed by atoms with Crippen molar-refractivity contribution in [2.24, 2.45) is 0 Å². The molecule has 0 spiro atoms. The van der Waals surface area contributed by atoms with E-state index in [4.69, 9.17) is 13.9 Å². The van der Waals surface area contributed by atoms with Gasteiger partial charge < -0.3 is 23.9 Å². The van der Waals surface area contributed by atoms with Gasteiger partial charge in [-0.25, -0.2) is 4.79 Å². The Bertz CT molecular complexity index is 1160. The van der Waals surface area contributed by atoms with Crippen LogP contribution in [-0.4, -0.2) is 25.9 Å². The van der Waals surface area contributed by atoms with E-state index < -0.39 is 0 Å². The number of phenolic OH excluding ortho intramolecular Hbond substituents is 1. The highest BCUT2D eigenvalue weighted by Gasteiger charge is 2.26. The zero-order valence-corrected chi connectivity index (χ0v) is 17.9. The van der Waals surface area contributed by atoms with Crippen LogP contribution in [0.3, 0.4) is 0 Å². The molecule has 0 radical (unpaired) electrons. The van der Waals surface area contributed by atoms with Crippen LogP contribution < -0.4 is 20.0 Å². The van der Waals surface area contributed by atoms with E-state index in [9.17, 15) is 9.90 Å². The van der Waals surface area contributed by atoms with Gasteiger partial charge in [0.1, 0.15) is 18.8 Å². The average molecular weight is 410 g/mol. The molecular formula is C24H28NO5+. The monoisotopic (exact) mass is 410 g/mol. The molecule has 2 heterocycles. The number of aryl methyl sites for hydroxylation is 2. The Morgan fingerprint density at radius 2 is 1.80 bits per heavy atom. The molecule has 1 aromatic heterocycles. The van der Waals surface area contributed by atoms with Crippen molar-refractivity contribution in [3.05, 3.63) is 62.5 Å². The quantitative estimate of drug-likeness (QED) is 0.633. The third-order valence-corrected chi connectivity index (χ3v) is 6.09. The van der Waals surface area contributed by atoms with Gasteiger partial charge in [-0.05, 0) is 48.2 Å². The maximum Gasteiger partial charge on any atom is 0.336 e. The number of fused-ring (bicyclic) bond motifs is 2. The third kappa shape index (κ3) is 3.52. The first-order valence-electron chi connectivity index (χ1n) is 10.3. The highest BCUT2D eigenvalue weighted by atomic mass is 16.5. The molecule has 1 aliphatic rings. The van der Waals surface area contributed by atoms with Crippen molar-refractivity contribution < 1.29 is 23.9 Å². The van der Waals surface area contributed by atoms with E-state index in [1.807, 2.05) is 26.0 Å². The van der Waals surface area contributed by atoms with Crippen LogP contribution in [0.4, 0.5) is 0 Å². The van der Waals surface area contributed by atoms with E-state index in [1.165, 1.54) is 22.1 Å². The Hall–Kier alpha value is -2.99. The molecule has 1 unspecified atom stereocenters. The highest BCUT2D eigenvalue weighted by Crippen LogP contribution is 2.33. The normalized spacial score (nSPS) is 15.8. The zero-order valence-electron chi connectivity index (χ0n) is 17.9. The lowest BCUT2D eigenvalue weighted by atomic mass is 9.96. The molecule has 6 nitrogen and oxygen atoms in total. The first kappa shape index (κ1) is 20.3. The van der Waals surface area contributed by atoms with Crippen molar-refractivity contribution in [3.8, 4) is 17.2 Å². The minimum Gasteiger partial charge on any atom is -0.507 e. The van der Waals surface area contributed by atoms with Crippen LogP contribution in [0.15, 0.2) is 33.5 Å². The Morgan fingerprint density at radius 1 is 1.10 bits per heavy atom. The first-order chi connectivity index (χ1) is 14.4. The number of hydrogen-bond acceptors (Lipinski definition) is 5. The predicted molar refractivity (Wildman–Crippen MR) is 115 cm³/mol. The fourth-order valence-electron chi connectivity index (χ4n) is 4.43. The van der Waals surface area contributed by atoms with Gasteiger partial charge in [-0.15, -0.1) is 0 Å². The fraction of sp³-hybridized carbons (Fsp3) is 0.375. The number of aromatic hydroxyl groups is 1. The van der Waals surface area contributed by atoms with E-state index in [1.54, 1.807) is 14.2 Å². The number of methoxy groups -OCH3 is 2. The number of hydrogen-bond donors (Lipinski definition) is 2. The van der Waals surface area contributed by atoms with Crippen molar-refractivity contribution in [3.63, 3.8) is 0 Å². The van der Waals surface area contributed by atoms with Crippen LogP contribution in [0.5, 0.6) is 17.2 Å². The van der Waals surface area contributed by atoms with Crippen molar-refractivity contribution in [1.82, 2.24) is 0 Å². The summed E-state index contributed by atoms with van der Waals surface area (Å²) in [6.07, 6.45) is 1.61. The Balaban J connectivity index is 1.73. The number of nitrogens with one attached hydrogen (secondary N) is 1. The Labute approximate surface area is 175 Å². The topological polar surface area (TPSA) is 73.3 Å². The summed E-state index contributed by atoms with van der Waals surface area (Å²) in [4.78, 5) is 13.3. The van der Waals surface area contributed by atoms with Gasteiger partial charge in [0.05, 0.1) is 26.3 Å². The summed E-state index contributed by atoms with van der Waals surface area (Å²) in [5, 5.41) is 11.8. The molecule has 0 saturated carbocycles. The molecule has 2 N–H and O–H groups in total. The minimum atomic E-state index is -0.388. The van der Waals surface area contributed by atoms with E-state index in [2.05, 4.69) is 6.07 Å².